The summed E-state index contributed by atoms with van der Waals surface area (Å²) in [5, 5.41) is 8.86. The van der Waals surface area contributed by atoms with Crippen LogP contribution in [0.5, 0.6) is 0 Å². The molecule has 3 aromatic heterocycles. The predicted octanol–water partition coefficient (Wildman–Crippen LogP) is 3.37. The molecular weight excluding hydrogens is 487 g/mol. The fourth-order valence-corrected chi connectivity index (χ4v) is 6.08. The number of rotatable bonds is 6. The number of fused-ring (bicyclic) bond motifs is 2. The van der Waals surface area contributed by atoms with E-state index in [1.54, 1.807) is 10.6 Å². The number of pyridine rings is 1. The van der Waals surface area contributed by atoms with E-state index in [1.807, 2.05) is 67.0 Å². The maximum Gasteiger partial charge on any atom is 0.249 e. The molecule has 186 valence electrons. The molecule has 5 aromatic rings. The van der Waals surface area contributed by atoms with Crippen LogP contribution in [0.1, 0.15) is 23.2 Å². The molecule has 2 N–H and O–H groups in total. The van der Waals surface area contributed by atoms with Crippen LogP contribution in [0.15, 0.2) is 67.0 Å². The molecular formula is C27H25FN6O2Si. The molecule has 10 heteroatoms. The van der Waals surface area contributed by atoms with Crippen molar-refractivity contribution in [2.45, 2.75) is 19.4 Å². The topological polar surface area (TPSA) is 93.3 Å². The quantitative estimate of drug-likeness (QED) is 0.341. The van der Waals surface area contributed by atoms with Gasteiger partial charge in [0.25, 0.3) is 0 Å². The van der Waals surface area contributed by atoms with Crippen LogP contribution in [-0.2, 0) is 11.8 Å². The molecule has 1 aliphatic carbocycles. The lowest BCUT2D eigenvalue weighted by Crippen LogP contribution is -2.45. The summed E-state index contributed by atoms with van der Waals surface area (Å²) >= 11 is 0. The summed E-state index contributed by atoms with van der Waals surface area (Å²) < 4.78 is 17.2. The molecule has 0 bridgehead atoms. The Balaban J connectivity index is 1.29. The zero-order valence-corrected chi connectivity index (χ0v) is 21.6. The zero-order chi connectivity index (χ0) is 25.7. The van der Waals surface area contributed by atoms with Crippen molar-refractivity contribution in [1.29, 1.82) is 0 Å². The van der Waals surface area contributed by atoms with Crippen LogP contribution in [0.2, 0.25) is 6.55 Å². The third-order valence-corrected chi connectivity index (χ3v) is 8.83. The standard InChI is InChI=1S/C27H25FN6O2Si/c1-33-15-22(26(36)32-37(2)20-5-3-4-19(28)13-20)21-12-17(8-10-23(21)33)18-9-11-24-29-27(31-34(24)14-18)30-25(35)16-6-7-16/h3-5,8-16,37H,6-7H2,1-2H3,(H,32,36)(H,30,31,35)/t37-/m0/s1. The first-order valence-electron chi connectivity index (χ1n) is 12.2. The van der Waals surface area contributed by atoms with Crippen molar-refractivity contribution in [3.05, 3.63) is 78.4 Å². The Hall–Kier alpha value is -4.31. The minimum absolute atomic E-state index is 0.0359. The third kappa shape index (κ3) is 4.51. The minimum Gasteiger partial charge on any atom is -0.376 e. The summed E-state index contributed by atoms with van der Waals surface area (Å²) in [7, 11) is 0.0123. The fraction of sp³-hybridized carbons (Fsp3) is 0.185. The number of amides is 2. The van der Waals surface area contributed by atoms with Crippen molar-refractivity contribution < 1.29 is 14.0 Å². The van der Waals surface area contributed by atoms with Gasteiger partial charge in [0, 0.05) is 41.8 Å². The maximum absolute atomic E-state index is 13.7. The molecule has 1 aliphatic rings. The Morgan fingerprint density at radius 3 is 2.65 bits per heavy atom. The van der Waals surface area contributed by atoms with Gasteiger partial charge in [-0.1, -0.05) is 24.7 Å². The number of aromatic nitrogens is 4. The summed E-state index contributed by atoms with van der Waals surface area (Å²) in [5.41, 5.74) is 3.95. The average Bonchev–Trinajstić information content (AvgIpc) is 3.59. The number of carbonyl (C=O) groups excluding carboxylic acids is 2. The van der Waals surface area contributed by atoms with E-state index in [9.17, 15) is 14.0 Å². The van der Waals surface area contributed by atoms with E-state index < -0.39 is 8.96 Å². The van der Waals surface area contributed by atoms with Gasteiger partial charge in [0.2, 0.25) is 17.8 Å². The Kier molecular flexibility index (Phi) is 5.60. The number of nitrogens with zero attached hydrogens (tertiary/aromatic N) is 4. The highest BCUT2D eigenvalue weighted by Gasteiger charge is 2.30. The Morgan fingerprint density at radius 2 is 1.86 bits per heavy atom. The number of anilines is 1. The first-order valence-corrected chi connectivity index (χ1v) is 14.5. The van der Waals surface area contributed by atoms with E-state index in [4.69, 9.17) is 0 Å². The highest BCUT2D eigenvalue weighted by molar-refractivity contribution is 6.72. The van der Waals surface area contributed by atoms with Crippen molar-refractivity contribution >= 4 is 48.5 Å². The van der Waals surface area contributed by atoms with Crippen molar-refractivity contribution in [3.63, 3.8) is 0 Å². The van der Waals surface area contributed by atoms with Crippen molar-refractivity contribution in [3.8, 4) is 11.1 Å². The molecule has 0 radical (unpaired) electrons. The smallest absolute Gasteiger partial charge is 0.249 e. The fourth-order valence-electron chi connectivity index (χ4n) is 4.55. The Bertz CT molecular complexity index is 1690. The summed E-state index contributed by atoms with van der Waals surface area (Å²) in [6, 6.07) is 16.2. The SMILES string of the molecule is Cn1cc(C(=O)N[Si@@H](C)c2cccc(F)c2)c2cc(-c3ccc4nc(NC(=O)C5CC5)nn4c3)ccc21. The number of nitrogens with one attached hydrogen (secondary N) is 2. The molecule has 6 rings (SSSR count). The van der Waals surface area contributed by atoms with Crippen LogP contribution in [-0.4, -0.2) is 39.9 Å². The average molecular weight is 513 g/mol. The largest absolute Gasteiger partial charge is 0.376 e. The zero-order valence-electron chi connectivity index (χ0n) is 20.4. The predicted molar refractivity (Wildman–Crippen MR) is 143 cm³/mol. The highest BCUT2D eigenvalue weighted by atomic mass is 28.3. The van der Waals surface area contributed by atoms with Gasteiger partial charge in [-0.3, -0.25) is 14.9 Å². The maximum atomic E-state index is 13.7. The number of carbonyl (C=O) groups is 2. The summed E-state index contributed by atoms with van der Waals surface area (Å²) in [6.45, 7) is 1.97. The third-order valence-electron chi connectivity index (χ3n) is 6.78. The second kappa shape index (κ2) is 8.97. The van der Waals surface area contributed by atoms with Crippen LogP contribution in [0.25, 0.3) is 27.7 Å². The van der Waals surface area contributed by atoms with E-state index in [0.29, 0.717) is 17.2 Å². The summed E-state index contributed by atoms with van der Waals surface area (Å²) in [4.78, 5) is 32.8. The minimum atomic E-state index is -1.90. The molecule has 8 nitrogen and oxygen atoms in total. The normalized spacial score (nSPS) is 14.1. The van der Waals surface area contributed by atoms with Gasteiger partial charge < -0.3 is 9.55 Å². The summed E-state index contributed by atoms with van der Waals surface area (Å²) in [6.07, 6.45) is 5.51. The molecule has 0 spiro atoms. The molecule has 0 saturated heterocycles. The molecule has 37 heavy (non-hydrogen) atoms. The number of hydrogen-bond acceptors (Lipinski definition) is 4. The molecule has 3 heterocycles. The van der Waals surface area contributed by atoms with Gasteiger partial charge in [-0.15, -0.1) is 5.10 Å². The number of aryl methyl sites for hydroxylation is 1. The molecule has 0 unspecified atom stereocenters. The molecule has 1 saturated carbocycles. The van der Waals surface area contributed by atoms with Crippen LogP contribution >= 0.6 is 0 Å². The van der Waals surface area contributed by atoms with Crippen LogP contribution in [0, 0.1) is 11.7 Å². The van der Waals surface area contributed by atoms with E-state index in [-0.39, 0.29) is 23.5 Å². The molecule has 1 atom stereocenters. The second-order valence-corrected chi connectivity index (χ2v) is 12.0. The van der Waals surface area contributed by atoms with E-state index >= 15 is 0 Å². The van der Waals surface area contributed by atoms with Crippen molar-refractivity contribution in [1.82, 2.24) is 24.1 Å². The van der Waals surface area contributed by atoms with Gasteiger partial charge in [-0.25, -0.2) is 8.91 Å². The van der Waals surface area contributed by atoms with Gasteiger partial charge in [-0.2, -0.15) is 4.98 Å². The van der Waals surface area contributed by atoms with E-state index in [2.05, 4.69) is 20.4 Å². The lowest BCUT2D eigenvalue weighted by atomic mass is 10.0. The second-order valence-electron chi connectivity index (χ2n) is 9.56. The van der Waals surface area contributed by atoms with Crippen LogP contribution in [0.4, 0.5) is 10.3 Å². The first kappa shape index (κ1) is 23.1. The monoisotopic (exact) mass is 512 g/mol. The van der Waals surface area contributed by atoms with Gasteiger partial charge in [0.05, 0.1) is 5.56 Å². The van der Waals surface area contributed by atoms with Crippen molar-refractivity contribution in [2.75, 3.05) is 5.32 Å². The van der Waals surface area contributed by atoms with Crippen LogP contribution < -0.4 is 15.5 Å². The molecule has 2 aromatic carbocycles. The van der Waals surface area contributed by atoms with E-state index in [0.717, 1.165) is 40.1 Å². The van der Waals surface area contributed by atoms with Gasteiger partial charge in [0.15, 0.2) is 14.6 Å². The molecule has 2 amide bonds. The Morgan fingerprint density at radius 1 is 1.05 bits per heavy atom. The highest BCUT2D eigenvalue weighted by Crippen LogP contribution is 2.30. The lowest BCUT2D eigenvalue weighted by Gasteiger charge is -2.12. The van der Waals surface area contributed by atoms with Gasteiger partial charge in [-0.05, 0) is 60.0 Å². The Labute approximate surface area is 213 Å². The van der Waals surface area contributed by atoms with Crippen LogP contribution in [0.3, 0.4) is 0 Å². The van der Waals surface area contributed by atoms with Gasteiger partial charge in [0.1, 0.15) is 5.82 Å². The van der Waals surface area contributed by atoms with Gasteiger partial charge >= 0.3 is 0 Å². The van der Waals surface area contributed by atoms with E-state index in [1.165, 1.54) is 12.1 Å². The number of hydrogen-bond donors (Lipinski definition) is 2. The lowest BCUT2D eigenvalue weighted by molar-refractivity contribution is -0.117. The molecule has 0 aliphatic heterocycles. The summed E-state index contributed by atoms with van der Waals surface area (Å²) in [5.74, 6) is -0.142. The number of benzene rings is 2. The first-order chi connectivity index (χ1) is 17.9. The number of halogens is 1. The van der Waals surface area contributed by atoms with Crippen molar-refractivity contribution in [2.24, 2.45) is 13.0 Å². The molecule has 1 fully saturated rings.